The van der Waals surface area contributed by atoms with E-state index in [4.69, 9.17) is 30.6 Å². The van der Waals surface area contributed by atoms with Crippen LogP contribution in [0, 0.1) is 30.6 Å². The van der Waals surface area contributed by atoms with Crippen LogP contribution in [0.2, 0.25) is 0 Å². The van der Waals surface area contributed by atoms with Gasteiger partial charge in [0.2, 0.25) is 0 Å². The van der Waals surface area contributed by atoms with Crippen LogP contribution in [-0.4, -0.2) is 38.8 Å². The Balaban J connectivity index is -0.000000150. The van der Waals surface area contributed by atoms with E-state index in [0.717, 1.165) is 0 Å². The number of hydrogen-bond acceptors (Lipinski definition) is 6. The zero-order chi connectivity index (χ0) is 18.0. The van der Waals surface area contributed by atoms with Crippen LogP contribution in [0.25, 0.3) is 0 Å². The second kappa shape index (κ2) is 13.0. The first kappa shape index (κ1) is 28.5. The molecule has 0 aliphatic heterocycles. The Morgan fingerprint density at radius 1 is 0.591 bits per heavy atom. The van der Waals surface area contributed by atoms with E-state index in [-0.39, 0.29) is 6.15 Å². The van der Waals surface area contributed by atoms with Gasteiger partial charge in [-0.2, -0.15) is 0 Å². The van der Waals surface area contributed by atoms with Gasteiger partial charge in [-0.05, 0) is 55.4 Å². The van der Waals surface area contributed by atoms with Crippen LogP contribution in [0.1, 0.15) is 55.4 Å². The Morgan fingerprint density at radius 2 is 0.682 bits per heavy atom. The predicted molar refractivity (Wildman–Crippen MR) is 87.5 cm³/mol. The summed E-state index contributed by atoms with van der Waals surface area (Å²) in [6.07, 6.45) is 0. The van der Waals surface area contributed by atoms with Crippen LogP contribution in [0.5, 0.6) is 0 Å². The fourth-order valence-electron chi connectivity index (χ4n) is 3.58. The Morgan fingerprint density at radius 3 is 0.682 bits per heavy atom. The lowest BCUT2D eigenvalue weighted by atomic mass is 10.0. The van der Waals surface area contributed by atoms with E-state index in [9.17, 15) is 0 Å². The first-order chi connectivity index (χ1) is 9.24. The summed E-state index contributed by atoms with van der Waals surface area (Å²) in [5.74, 6) is 0. The number of quaternary nitrogens is 2. The van der Waals surface area contributed by atoms with Crippen LogP contribution in [-0.2, 0) is 0 Å². The summed E-state index contributed by atoms with van der Waals surface area (Å²) in [6, 6.07) is 2.83. The van der Waals surface area contributed by atoms with Crippen molar-refractivity contribution in [2.75, 3.05) is 0 Å². The van der Waals surface area contributed by atoms with Gasteiger partial charge in [0, 0.05) is 0 Å². The fourth-order valence-corrected chi connectivity index (χ4v) is 3.58. The van der Waals surface area contributed by atoms with E-state index in [1.165, 1.54) is 4.48 Å². The molecule has 0 amide bonds. The maximum Gasteiger partial charge on any atom is 0.0839 e. The van der Waals surface area contributed by atoms with Crippen molar-refractivity contribution in [2.24, 2.45) is 0 Å². The van der Waals surface area contributed by atoms with E-state index in [2.05, 4.69) is 55.4 Å². The molecule has 22 heavy (non-hydrogen) atoms. The maximum absolute atomic E-state index is 8.25. The third-order valence-electron chi connectivity index (χ3n) is 3.58. The van der Waals surface area contributed by atoms with Crippen LogP contribution in [0.4, 0.5) is 0 Å². The average Bonchev–Trinajstić information content (AvgIpc) is 2.12. The number of nitrogens with zero attached hydrogens (tertiary/aromatic N) is 3. The summed E-state index contributed by atoms with van der Waals surface area (Å²) in [6.45, 7) is 18.8. The van der Waals surface area contributed by atoms with Crippen LogP contribution >= 0.6 is 0 Å². The summed E-state index contributed by atoms with van der Waals surface area (Å²) in [5.41, 5.74) is 0. The van der Waals surface area contributed by atoms with Crippen molar-refractivity contribution >= 4 is 0 Å². The molecule has 10 nitrogen and oxygen atoms in total. The monoisotopic (exact) mass is 328 g/mol. The van der Waals surface area contributed by atoms with Crippen molar-refractivity contribution in [3.05, 3.63) is 30.6 Å². The maximum atomic E-state index is 8.25. The number of hydrogen-bond donors (Lipinski definition) is 1. The van der Waals surface area contributed by atoms with Crippen molar-refractivity contribution in [3.63, 3.8) is 0 Å². The first-order valence-electron chi connectivity index (χ1n) is 6.75. The van der Waals surface area contributed by atoms with Crippen LogP contribution < -0.4 is 6.15 Å². The molecule has 0 saturated heterocycles. The summed E-state index contributed by atoms with van der Waals surface area (Å²) < 4.78 is 1.22. The van der Waals surface area contributed by atoms with Crippen molar-refractivity contribution < 1.29 is 14.7 Å². The summed E-state index contributed by atoms with van der Waals surface area (Å²) in [4.78, 5) is 16.5. The highest BCUT2D eigenvalue weighted by Crippen LogP contribution is 2.28. The molecule has 10 heteroatoms. The minimum atomic E-state index is -1.75. The Labute approximate surface area is 132 Å². The Hall–Kier alpha value is -1.68. The molecule has 0 aromatic rings. The van der Waals surface area contributed by atoms with E-state index >= 15 is 0 Å². The molecule has 0 unspecified atom stereocenters. The molecular formula is C12H32N4O6. The average molecular weight is 328 g/mol. The minimum Gasteiger partial charge on any atom is -0.369 e. The topological polar surface area (TPSA) is 169 Å². The Bertz CT molecular complexity index is 250. The molecule has 0 spiro atoms. The van der Waals surface area contributed by atoms with Gasteiger partial charge in [-0.25, -0.2) is 0 Å². The zero-order valence-corrected chi connectivity index (χ0v) is 15.1. The second-order valence-electron chi connectivity index (χ2n) is 5.72. The molecule has 0 saturated carbocycles. The molecule has 0 fully saturated rings. The van der Waals surface area contributed by atoms with Gasteiger partial charge in [-0.1, -0.05) is 0 Å². The summed E-state index contributed by atoms with van der Waals surface area (Å²) in [7, 11) is 0. The molecule has 0 aromatic heterocycles. The van der Waals surface area contributed by atoms with Gasteiger partial charge in [-0.15, -0.1) is 0 Å². The summed E-state index contributed by atoms with van der Waals surface area (Å²) in [5, 5.41) is 29.5. The Kier molecular flexibility index (Phi) is 16.8. The quantitative estimate of drug-likeness (QED) is 0.471. The molecule has 0 heterocycles. The van der Waals surface area contributed by atoms with Crippen molar-refractivity contribution in [1.29, 1.82) is 0 Å². The SMILES string of the molecule is CC(C)[N+](C(C)C)(C(C)C)C(C)C.O=[N+]([O-])[O-].O=[N+]([O-])[O-].[NH4+]. The molecular weight excluding hydrogens is 296 g/mol. The highest BCUT2D eigenvalue weighted by molar-refractivity contribution is 4.61. The van der Waals surface area contributed by atoms with Gasteiger partial charge in [0.15, 0.2) is 0 Å². The smallest absolute Gasteiger partial charge is 0.0839 e. The van der Waals surface area contributed by atoms with Crippen molar-refractivity contribution in [2.45, 2.75) is 79.6 Å². The lowest BCUT2D eigenvalue weighted by molar-refractivity contribution is -1.00. The molecule has 0 aromatic carbocycles. The molecule has 0 atom stereocenters. The van der Waals surface area contributed by atoms with E-state index in [1.54, 1.807) is 0 Å². The van der Waals surface area contributed by atoms with E-state index in [0.29, 0.717) is 24.2 Å². The van der Waals surface area contributed by atoms with Gasteiger partial charge in [0.1, 0.15) is 0 Å². The lowest BCUT2D eigenvalue weighted by Crippen LogP contribution is -2.65. The van der Waals surface area contributed by atoms with Gasteiger partial charge in [0.05, 0.1) is 34.3 Å². The van der Waals surface area contributed by atoms with Crippen molar-refractivity contribution in [1.82, 2.24) is 6.15 Å². The zero-order valence-electron chi connectivity index (χ0n) is 15.1. The predicted octanol–water partition coefficient (Wildman–Crippen LogP) is 3.33. The fraction of sp³-hybridized carbons (Fsp3) is 1.00. The van der Waals surface area contributed by atoms with Gasteiger partial charge in [-0.3, -0.25) is 0 Å². The molecule has 0 aliphatic carbocycles. The largest absolute Gasteiger partial charge is 0.369 e. The van der Waals surface area contributed by atoms with Gasteiger partial charge in [0.25, 0.3) is 0 Å². The second-order valence-corrected chi connectivity index (χ2v) is 5.72. The van der Waals surface area contributed by atoms with Gasteiger partial charge >= 0.3 is 0 Å². The van der Waals surface area contributed by atoms with E-state index < -0.39 is 10.2 Å². The minimum absolute atomic E-state index is 0. The van der Waals surface area contributed by atoms with Crippen molar-refractivity contribution in [3.8, 4) is 0 Å². The molecule has 4 N–H and O–H groups in total. The molecule has 136 valence electrons. The normalized spacial score (nSPS) is 10.4. The summed E-state index contributed by atoms with van der Waals surface area (Å²) >= 11 is 0. The first-order valence-corrected chi connectivity index (χ1v) is 6.75. The number of rotatable bonds is 4. The molecule has 0 radical (unpaired) electrons. The van der Waals surface area contributed by atoms with Crippen LogP contribution in [0.15, 0.2) is 0 Å². The van der Waals surface area contributed by atoms with Gasteiger partial charge < -0.3 is 41.3 Å². The molecule has 0 aliphatic rings. The molecule has 0 bridgehead atoms. The lowest BCUT2D eigenvalue weighted by Gasteiger charge is -2.52. The third-order valence-corrected chi connectivity index (χ3v) is 3.58. The molecule has 0 rings (SSSR count). The van der Waals surface area contributed by atoms with Crippen LogP contribution in [0.3, 0.4) is 0 Å². The highest BCUT2D eigenvalue weighted by atomic mass is 16.9. The highest BCUT2D eigenvalue weighted by Gasteiger charge is 2.40. The third kappa shape index (κ3) is 11.0. The standard InChI is InChI=1S/C12H28N.2NO3.H3N/c1-9(2)13(10(3)4,11(5)6)12(7)8;2*2-1(3)4;/h9-12H,1-8H3;;;1H3/q+1;2*-1;/p+1. The van der Waals surface area contributed by atoms with E-state index in [1.807, 2.05) is 0 Å².